The molecule has 0 aromatic heterocycles. The molecular weight excluding hydrogens is 168 g/mol. The Labute approximate surface area is 76.0 Å². The first kappa shape index (κ1) is 8.26. The van der Waals surface area contributed by atoms with Crippen LogP contribution in [-0.4, -0.2) is 17.2 Å². The van der Waals surface area contributed by atoms with Crippen molar-refractivity contribution in [3.63, 3.8) is 0 Å². The highest BCUT2D eigenvalue weighted by Crippen LogP contribution is 2.29. The van der Waals surface area contributed by atoms with Crippen LogP contribution in [0.1, 0.15) is 18.1 Å². The van der Waals surface area contributed by atoms with E-state index in [4.69, 9.17) is 9.84 Å². The van der Waals surface area contributed by atoms with E-state index in [9.17, 15) is 4.79 Å². The van der Waals surface area contributed by atoms with Crippen LogP contribution in [0.5, 0.6) is 0 Å². The lowest BCUT2D eigenvalue weighted by Gasteiger charge is -2.07. The Kier molecular flexibility index (Phi) is 2.02. The molecule has 13 heavy (non-hydrogen) atoms. The van der Waals surface area contributed by atoms with Crippen LogP contribution in [0.3, 0.4) is 0 Å². The molecule has 2 rings (SSSR count). The van der Waals surface area contributed by atoms with Gasteiger partial charge in [-0.05, 0) is 5.56 Å². The largest absolute Gasteiger partial charge is 0.455 e. The number of aliphatic hydroxyl groups is 1. The third-order valence-corrected chi connectivity index (χ3v) is 2.14. The number of aliphatic hydroxyl groups excluding tert-OH is 1. The molecular formula is C10H10O3. The maximum absolute atomic E-state index is 10.9. The normalized spacial score (nSPS) is 27.3. The van der Waals surface area contributed by atoms with E-state index in [1.54, 1.807) is 0 Å². The van der Waals surface area contributed by atoms with Gasteiger partial charge in [-0.25, -0.2) is 4.79 Å². The van der Waals surface area contributed by atoms with Crippen molar-refractivity contribution in [2.24, 2.45) is 0 Å². The Morgan fingerprint density at radius 2 is 2.00 bits per heavy atom. The number of hydrogen-bond acceptors (Lipinski definition) is 3. The second kappa shape index (κ2) is 3.18. The Bertz CT molecular complexity index is 307. The van der Waals surface area contributed by atoms with E-state index >= 15 is 0 Å². The maximum atomic E-state index is 10.9. The molecule has 1 heterocycles. The van der Waals surface area contributed by atoms with E-state index in [2.05, 4.69) is 0 Å². The van der Waals surface area contributed by atoms with Gasteiger partial charge in [0.25, 0.3) is 0 Å². The fourth-order valence-corrected chi connectivity index (χ4v) is 1.44. The van der Waals surface area contributed by atoms with Crippen LogP contribution >= 0.6 is 0 Å². The van der Waals surface area contributed by atoms with Gasteiger partial charge in [0.05, 0.1) is 0 Å². The molecule has 0 amide bonds. The quantitative estimate of drug-likeness (QED) is 0.653. The zero-order valence-corrected chi connectivity index (χ0v) is 7.01. The maximum Gasteiger partial charge on any atom is 0.335 e. The first-order valence-corrected chi connectivity index (χ1v) is 4.21. The third kappa shape index (κ3) is 1.55. The predicted molar refractivity (Wildman–Crippen MR) is 45.9 cm³/mol. The molecule has 0 aliphatic carbocycles. The molecule has 1 saturated heterocycles. The minimum atomic E-state index is -0.954. The summed E-state index contributed by atoms with van der Waals surface area (Å²) in [6.45, 7) is 0. The summed E-state index contributed by atoms with van der Waals surface area (Å²) in [7, 11) is 0. The lowest BCUT2D eigenvalue weighted by molar-refractivity contribution is -0.147. The average Bonchev–Trinajstić information content (AvgIpc) is 2.49. The van der Waals surface area contributed by atoms with Gasteiger partial charge in [0.15, 0.2) is 6.10 Å². The van der Waals surface area contributed by atoms with Crippen LogP contribution in [-0.2, 0) is 9.53 Å². The highest BCUT2D eigenvalue weighted by molar-refractivity contribution is 5.76. The molecule has 68 valence electrons. The molecule has 3 nitrogen and oxygen atoms in total. The first-order chi connectivity index (χ1) is 6.27. The van der Waals surface area contributed by atoms with Crippen molar-refractivity contribution in [2.45, 2.75) is 18.6 Å². The van der Waals surface area contributed by atoms with Crippen LogP contribution in [0.4, 0.5) is 0 Å². The van der Waals surface area contributed by atoms with Crippen LogP contribution in [0.15, 0.2) is 30.3 Å². The minimum Gasteiger partial charge on any atom is -0.455 e. The zero-order chi connectivity index (χ0) is 9.26. The molecule has 0 unspecified atom stereocenters. The molecule has 0 bridgehead atoms. The second-order valence-corrected chi connectivity index (χ2v) is 3.09. The van der Waals surface area contributed by atoms with Crippen molar-refractivity contribution in [3.8, 4) is 0 Å². The van der Waals surface area contributed by atoms with Crippen LogP contribution < -0.4 is 0 Å². The highest BCUT2D eigenvalue weighted by atomic mass is 16.6. The van der Waals surface area contributed by atoms with Gasteiger partial charge in [-0.15, -0.1) is 0 Å². The van der Waals surface area contributed by atoms with Crippen LogP contribution in [0, 0.1) is 0 Å². The van der Waals surface area contributed by atoms with E-state index in [1.165, 1.54) is 0 Å². The molecule has 3 heteroatoms. The minimum absolute atomic E-state index is 0.274. The number of hydrogen-bond donors (Lipinski definition) is 1. The number of benzene rings is 1. The fourth-order valence-electron chi connectivity index (χ4n) is 1.44. The van der Waals surface area contributed by atoms with Gasteiger partial charge in [-0.3, -0.25) is 0 Å². The summed E-state index contributed by atoms with van der Waals surface area (Å²) in [4.78, 5) is 10.9. The van der Waals surface area contributed by atoms with Crippen molar-refractivity contribution in [2.75, 3.05) is 0 Å². The van der Waals surface area contributed by atoms with Gasteiger partial charge >= 0.3 is 5.97 Å². The first-order valence-electron chi connectivity index (χ1n) is 4.21. The summed E-state index contributed by atoms with van der Waals surface area (Å²) in [5.74, 6) is -0.520. The Hall–Kier alpha value is -1.35. The number of esters is 1. The van der Waals surface area contributed by atoms with Gasteiger partial charge in [0.1, 0.15) is 6.10 Å². The zero-order valence-electron chi connectivity index (χ0n) is 7.01. The lowest BCUT2D eigenvalue weighted by atomic mass is 10.1. The standard InChI is InChI=1S/C10H10O3/c11-8-6-9(13-10(8)12)7-4-2-1-3-5-7/h1-5,8-9,11H,6H2/t8-,9+/m1/s1. The second-order valence-electron chi connectivity index (χ2n) is 3.09. The van der Waals surface area contributed by atoms with E-state index in [0.717, 1.165) is 5.56 Å². The number of carbonyl (C=O) groups is 1. The summed E-state index contributed by atoms with van der Waals surface area (Å²) in [5, 5.41) is 9.15. The highest BCUT2D eigenvalue weighted by Gasteiger charge is 2.33. The van der Waals surface area contributed by atoms with E-state index < -0.39 is 12.1 Å². The number of carbonyl (C=O) groups excluding carboxylic acids is 1. The van der Waals surface area contributed by atoms with Gasteiger partial charge in [0, 0.05) is 6.42 Å². The van der Waals surface area contributed by atoms with Gasteiger partial charge < -0.3 is 9.84 Å². The Morgan fingerprint density at radius 1 is 1.31 bits per heavy atom. The van der Waals surface area contributed by atoms with Crippen LogP contribution in [0.25, 0.3) is 0 Å². The van der Waals surface area contributed by atoms with Crippen molar-refractivity contribution < 1.29 is 14.6 Å². The molecule has 1 aliphatic heterocycles. The average molecular weight is 178 g/mol. The van der Waals surface area contributed by atoms with Crippen LogP contribution in [0.2, 0.25) is 0 Å². The van der Waals surface area contributed by atoms with Gasteiger partial charge in [-0.1, -0.05) is 30.3 Å². The third-order valence-electron chi connectivity index (χ3n) is 2.14. The summed E-state index contributed by atoms with van der Waals surface area (Å²) in [6.07, 6.45) is -0.864. The Morgan fingerprint density at radius 3 is 2.54 bits per heavy atom. The summed E-state index contributed by atoms with van der Waals surface area (Å²) in [6, 6.07) is 9.43. The van der Waals surface area contributed by atoms with E-state index in [0.29, 0.717) is 6.42 Å². The topological polar surface area (TPSA) is 46.5 Å². The summed E-state index contributed by atoms with van der Waals surface area (Å²) >= 11 is 0. The molecule has 1 aliphatic rings. The molecule has 1 fully saturated rings. The molecule has 0 radical (unpaired) electrons. The van der Waals surface area contributed by atoms with Crippen molar-refractivity contribution in [1.82, 2.24) is 0 Å². The number of rotatable bonds is 1. The van der Waals surface area contributed by atoms with E-state index in [1.807, 2.05) is 30.3 Å². The van der Waals surface area contributed by atoms with Crippen molar-refractivity contribution >= 4 is 5.97 Å². The monoisotopic (exact) mass is 178 g/mol. The molecule has 1 aromatic rings. The molecule has 0 saturated carbocycles. The summed E-state index contributed by atoms with van der Waals surface area (Å²) in [5.41, 5.74) is 0.937. The molecule has 1 N–H and O–H groups in total. The van der Waals surface area contributed by atoms with Gasteiger partial charge in [0.2, 0.25) is 0 Å². The number of cyclic esters (lactones) is 1. The SMILES string of the molecule is O=C1O[C@H](c2ccccc2)C[C@H]1O. The molecule has 1 aromatic carbocycles. The van der Waals surface area contributed by atoms with Gasteiger partial charge in [-0.2, -0.15) is 0 Å². The van der Waals surface area contributed by atoms with Crippen molar-refractivity contribution in [3.05, 3.63) is 35.9 Å². The Balaban J connectivity index is 2.17. The molecule has 0 spiro atoms. The molecule has 2 atom stereocenters. The summed E-state index contributed by atoms with van der Waals surface area (Å²) < 4.78 is 4.97. The lowest BCUT2D eigenvalue weighted by Crippen LogP contribution is -2.11. The fraction of sp³-hybridized carbons (Fsp3) is 0.300. The predicted octanol–water partition coefficient (Wildman–Crippen LogP) is 1.04. The smallest absolute Gasteiger partial charge is 0.335 e. The van der Waals surface area contributed by atoms with E-state index in [-0.39, 0.29) is 6.10 Å². The van der Waals surface area contributed by atoms with Crippen molar-refractivity contribution in [1.29, 1.82) is 0 Å². The number of ether oxygens (including phenoxy) is 1.